The van der Waals surface area contributed by atoms with Gasteiger partial charge in [0.25, 0.3) is 5.91 Å². The summed E-state index contributed by atoms with van der Waals surface area (Å²) in [7, 11) is 1.94. The van der Waals surface area contributed by atoms with E-state index in [0.29, 0.717) is 18.1 Å². The van der Waals surface area contributed by atoms with Crippen LogP contribution in [-0.4, -0.2) is 34.5 Å². The summed E-state index contributed by atoms with van der Waals surface area (Å²) in [5.74, 6) is 0.417. The standard InChI is InChI=1S/C21H23N5O/c1-16-3-5-18(6-4-16)13-23-20(27)19-14-24-21(25-15-19)26(2)12-9-17-7-10-22-11-8-17/h3-8,10-11,14-15H,9,12-13H2,1-2H3,(H,23,27). The molecule has 0 saturated heterocycles. The summed E-state index contributed by atoms with van der Waals surface area (Å²) >= 11 is 0. The van der Waals surface area contributed by atoms with Gasteiger partial charge in [-0.15, -0.1) is 0 Å². The first kappa shape index (κ1) is 18.5. The Labute approximate surface area is 159 Å². The van der Waals surface area contributed by atoms with Crippen molar-refractivity contribution in [2.75, 3.05) is 18.5 Å². The van der Waals surface area contributed by atoms with E-state index in [0.717, 1.165) is 18.5 Å². The van der Waals surface area contributed by atoms with Crippen LogP contribution < -0.4 is 10.2 Å². The number of benzene rings is 1. The molecular formula is C21H23N5O. The minimum absolute atomic E-state index is 0.179. The Morgan fingerprint density at radius 3 is 2.33 bits per heavy atom. The lowest BCUT2D eigenvalue weighted by Crippen LogP contribution is -2.25. The van der Waals surface area contributed by atoms with Crippen molar-refractivity contribution in [1.29, 1.82) is 0 Å². The molecule has 0 aliphatic rings. The van der Waals surface area contributed by atoms with Gasteiger partial charge in [-0.1, -0.05) is 29.8 Å². The first-order valence-corrected chi connectivity index (χ1v) is 8.87. The second kappa shape index (κ2) is 8.89. The lowest BCUT2D eigenvalue weighted by molar-refractivity contribution is 0.0950. The molecule has 0 unspecified atom stereocenters. The number of anilines is 1. The van der Waals surface area contributed by atoms with Crippen LogP contribution in [0.25, 0.3) is 0 Å². The Morgan fingerprint density at radius 2 is 1.67 bits per heavy atom. The zero-order valence-electron chi connectivity index (χ0n) is 15.6. The first-order valence-electron chi connectivity index (χ1n) is 8.87. The number of pyridine rings is 1. The van der Waals surface area contributed by atoms with Gasteiger partial charge in [0.2, 0.25) is 5.95 Å². The Hall–Kier alpha value is -3.28. The fourth-order valence-electron chi connectivity index (χ4n) is 2.57. The quantitative estimate of drug-likeness (QED) is 0.701. The maximum absolute atomic E-state index is 12.3. The van der Waals surface area contributed by atoms with Gasteiger partial charge >= 0.3 is 0 Å². The van der Waals surface area contributed by atoms with E-state index >= 15 is 0 Å². The predicted octanol–water partition coefficient (Wildman–Crippen LogP) is 2.79. The van der Waals surface area contributed by atoms with Crippen molar-refractivity contribution in [3.63, 3.8) is 0 Å². The topological polar surface area (TPSA) is 71.0 Å². The average molecular weight is 361 g/mol. The Morgan fingerprint density at radius 1 is 1.00 bits per heavy atom. The number of rotatable bonds is 7. The second-order valence-corrected chi connectivity index (χ2v) is 6.47. The Kier molecular flexibility index (Phi) is 6.10. The molecule has 0 bridgehead atoms. The van der Waals surface area contributed by atoms with E-state index in [-0.39, 0.29) is 5.91 Å². The van der Waals surface area contributed by atoms with Crippen molar-refractivity contribution < 1.29 is 4.79 Å². The van der Waals surface area contributed by atoms with Gasteiger partial charge < -0.3 is 10.2 Å². The summed E-state index contributed by atoms with van der Waals surface area (Å²) in [4.78, 5) is 26.9. The summed E-state index contributed by atoms with van der Waals surface area (Å²) in [6.07, 6.45) is 7.58. The number of nitrogens with zero attached hydrogens (tertiary/aromatic N) is 4. The van der Waals surface area contributed by atoms with Crippen LogP contribution in [0, 0.1) is 6.92 Å². The molecule has 1 amide bonds. The zero-order chi connectivity index (χ0) is 19.1. The highest BCUT2D eigenvalue weighted by atomic mass is 16.1. The highest BCUT2D eigenvalue weighted by Crippen LogP contribution is 2.08. The van der Waals surface area contributed by atoms with Crippen LogP contribution in [0.2, 0.25) is 0 Å². The number of aromatic nitrogens is 3. The molecule has 1 aromatic carbocycles. The van der Waals surface area contributed by atoms with Gasteiger partial charge in [-0.3, -0.25) is 9.78 Å². The van der Waals surface area contributed by atoms with Gasteiger partial charge in [-0.2, -0.15) is 0 Å². The van der Waals surface area contributed by atoms with E-state index in [2.05, 4.69) is 20.3 Å². The molecule has 3 aromatic rings. The van der Waals surface area contributed by atoms with Crippen molar-refractivity contribution in [3.8, 4) is 0 Å². The molecule has 0 atom stereocenters. The van der Waals surface area contributed by atoms with Crippen molar-refractivity contribution >= 4 is 11.9 Å². The molecule has 0 radical (unpaired) electrons. The molecule has 1 N–H and O–H groups in total. The van der Waals surface area contributed by atoms with E-state index in [1.807, 2.05) is 55.3 Å². The molecule has 0 spiro atoms. The van der Waals surface area contributed by atoms with Gasteiger partial charge in [-0.05, 0) is 36.6 Å². The minimum Gasteiger partial charge on any atom is -0.348 e. The second-order valence-electron chi connectivity index (χ2n) is 6.47. The number of aryl methyl sites for hydroxylation is 1. The van der Waals surface area contributed by atoms with Crippen molar-refractivity contribution in [2.45, 2.75) is 19.9 Å². The van der Waals surface area contributed by atoms with Gasteiger partial charge in [0.05, 0.1) is 5.56 Å². The molecule has 0 fully saturated rings. The van der Waals surface area contributed by atoms with Crippen LogP contribution in [0.3, 0.4) is 0 Å². The highest BCUT2D eigenvalue weighted by Gasteiger charge is 2.09. The third-order valence-electron chi connectivity index (χ3n) is 4.30. The maximum Gasteiger partial charge on any atom is 0.254 e. The normalized spacial score (nSPS) is 10.4. The number of nitrogens with one attached hydrogen (secondary N) is 1. The largest absolute Gasteiger partial charge is 0.348 e. The lowest BCUT2D eigenvalue weighted by Gasteiger charge is -2.16. The number of amides is 1. The minimum atomic E-state index is -0.179. The molecule has 6 nitrogen and oxygen atoms in total. The number of likely N-dealkylation sites (N-methyl/N-ethyl adjacent to an activating group) is 1. The van der Waals surface area contributed by atoms with Gasteiger partial charge in [0, 0.05) is 44.9 Å². The molecular weight excluding hydrogens is 338 g/mol. The van der Waals surface area contributed by atoms with E-state index in [4.69, 9.17) is 0 Å². The van der Waals surface area contributed by atoms with Crippen molar-refractivity contribution in [2.24, 2.45) is 0 Å². The van der Waals surface area contributed by atoms with Gasteiger partial charge in [0.1, 0.15) is 0 Å². The van der Waals surface area contributed by atoms with E-state index in [1.54, 1.807) is 24.8 Å². The summed E-state index contributed by atoms with van der Waals surface area (Å²) in [5.41, 5.74) is 3.92. The maximum atomic E-state index is 12.3. The van der Waals surface area contributed by atoms with Crippen LogP contribution in [0.4, 0.5) is 5.95 Å². The molecule has 3 rings (SSSR count). The number of hydrogen-bond donors (Lipinski definition) is 1. The van der Waals surface area contributed by atoms with Gasteiger partial charge in [-0.25, -0.2) is 9.97 Å². The molecule has 0 aliphatic carbocycles. The number of carbonyl (C=O) groups is 1. The lowest BCUT2D eigenvalue weighted by atomic mass is 10.1. The third-order valence-corrected chi connectivity index (χ3v) is 4.30. The molecule has 2 heterocycles. The molecule has 0 saturated carbocycles. The molecule has 6 heteroatoms. The number of carbonyl (C=O) groups excluding carboxylic acids is 1. The fraction of sp³-hybridized carbons (Fsp3) is 0.238. The van der Waals surface area contributed by atoms with Crippen LogP contribution >= 0.6 is 0 Å². The summed E-state index contributed by atoms with van der Waals surface area (Å²) < 4.78 is 0. The number of hydrogen-bond acceptors (Lipinski definition) is 5. The van der Waals surface area contributed by atoms with Gasteiger partial charge in [0.15, 0.2) is 0 Å². The van der Waals surface area contributed by atoms with E-state index in [1.165, 1.54) is 11.1 Å². The van der Waals surface area contributed by atoms with E-state index < -0.39 is 0 Å². The summed E-state index contributed by atoms with van der Waals surface area (Å²) in [6.45, 7) is 3.30. The first-order chi connectivity index (χ1) is 13.1. The van der Waals surface area contributed by atoms with E-state index in [9.17, 15) is 4.79 Å². The SMILES string of the molecule is Cc1ccc(CNC(=O)c2cnc(N(C)CCc3ccncc3)nc2)cc1. The van der Waals surface area contributed by atoms with Crippen LogP contribution in [0.15, 0.2) is 61.2 Å². The smallest absolute Gasteiger partial charge is 0.254 e. The van der Waals surface area contributed by atoms with Crippen LogP contribution in [-0.2, 0) is 13.0 Å². The summed E-state index contributed by atoms with van der Waals surface area (Å²) in [6, 6.07) is 12.1. The summed E-state index contributed by atoms with van der Waals surface area (Å²) in [5, 5.41) is 2.89. The van der Waals surface area contributed by atoms with Crippen LogP contribution in [0.5, 0.6) is 0 Å². The molecule has 138 valence electrons. The Balaban J connectivity index is 1.52. The third kappa shape index (κ3) is 5.34. The van der Waals surface area contributed by atoms with Crippen LogP contribution in [0.1, 0.15) is 27.0 Å². The molecule has 27 heavy (non-hydrogen) atoms. The highest BCUT2D eigenvalue weighted by molar-refractivity contribution is 5.93. The van der Waals surface area contributed by atoms with Crippen molar-refractivity contribution in [1.82, 2.24) is 20.3 Å². The fourth-order valence-corrected chi connectivity index (χ4v) is 2.57. The zero-order valence-corrected chi connectivity index (χ0v) is 15.6. The molecule has 0 aliphatic heterocycles. The Bertz CT molecular complexity index is 863. The average Bonchev–Trinajstić information content (AvgIpc) is 2.72. The monoisotopic (exact) mass is 361 g/mol. The van der Waals surface area contributed by atoms with Crippen molar-refractivity contribution in [3.05, 3.63) is 83.4 Å². The molecule has 2 aromatic heterocycles. The predicted molar refractivity (Wildman–Crippen MR) is 106 cm³/mol.